The van der Waals surface area contributed by atoms with Crippen molar-refractivity contribution in [3.8, 4) is 0 Å². The number of benzene rings is 1. The van der Waals surface area contributed by atoms with Gasteiger partial charge in [-0.15, -0.1) is 0 Å². The number of hydrogen-bond donors (Lipinski definition) is 2. The normalized spacial score (nSPS) is 10.5. The van der Waals surface area contributed by atoms with Gasteiger partial charge in [-0.1, -0.05) is 12.1 Å². The Balaban J connectivity index is 2.43. The first-order chi connectivity index (χ1) is 7.61. The minimum Gasteiger partial charge on any atom is -0.326 e. The zero-order valence-electron chi connectivity index (χ0n) is 9.86. The molecule has 0 aliphatic heterocycles. The van der Waals surface area contributed by atoms with Crippen LogP contribution in [0.4, 0.5) is 5.69 Å². The van der Waals surface area contributed by atoms with Gasteiger partial charge in [-0.25, -0.2) is 0 Å². The maximum atomic E-state index is 11.5. The number of hydrogen-bond acceptors (Lipinski definition) is 3. The van der Waals surface area contributed by atoms with E-state index in [4.69, 9.17) is 5.73 Å². The lowest BCUT2D eigenvalue weighted by Gasteiger charge is -2.09. The summed E-state index contributed by atoms with van der Waals surface area (Å²) >= 11 is 0. The molecule has 16 heavy (non-hydrogen) atoms. The van der Waals surface area contributed by atoms with Crippen LogP contribution in [0.25, 0.3) is 0 Å². The van der Waals surface area contributed by atoms with Gasteiger partial charge in [-0.2, -0.15) is 0 Å². The molecule has 88 valence electrons. The second-order valence-electron chi connectivity index (χ2n) is 4.00. The fourth-order valence-electron chi connectivity index (χ4n) is 1.27. The molecule has 0 aliphatic rings. The lowest BCUT2D eigenvalue weighted by molar-refractivity contribution is -0.116. The molecule has 0 heterocycles. The summed E-state index contributed by atoms with van der Waals surface area (Å²) in [5, 5.41) is 2.84. The van der Waals surface area contributed by atoms with Gasteiger partial charge in [0.25, 0.3) is 0 Å². The number of carbonyl (C=O) groups excluding carboxylic acids is 1. The summed E-state index contributed by atoms with van der Waals surface area (Å²) in [6, 6.07) is 7.58. The summed E-state index contributed by atoms with van der Waals surface area (Å²) in [5.41, 5.74) is 7.37. The van der Waals surface area contributed by atoms with Crippen molar-refractivity contribution >= 4 is 11.6 Å². The Morgan fingerprint density at radius 2 is 1.94 bits per heavy atom. The third-order valence-corrected chi connectivity index (χ3v) is 2.26. The molecule has 0 aliphatic carbocycles. The molecule has 1 aromatic carbocycles. The van der Waals surface area contributed by atoms with Crippen molar-refractivity contribution in [3.05, 3.63) is 29.8 Å². The van der Waals surface area contributed by atoms with E-state index in [1.54, 1.807) is 0 Å². The number of amides is 1. The Hall–Kier alpha value is -1.39. The molecule has 0 bridgehead atoms. The SMILES string of the molecule is CN(C)CCC(=O)Nc1ccc(CN)cc1. The molecular weight excluding hydrogens is 202 g/mol. The van der Waals surface area contributed by atoms with Crippen LogP contribution in [0.3, 0.4) is 0 Å². The van der Waals surface area contributed by atoms with Crippen LogP contribution in [0.5, 0.6) is 0 Å². The van der Waals surface area contributed by atoms with E-state index in [9.17, 15) is 4.79 Å². The molecule has 4 nitrogen and oxygen atoms in total. The topological polar surface area (TPSA) is 58.4 Å². The predicted octanol–water partition coefficient (Wildman–Crippen LogP) is 1.04. The van der Waals surface area contributed by atoms with Gasteiger partial charge in [0.05, 0.1) is 0 Å². The van der Waals surface area contributed by atoms with E-state index in [2.05, 4.69) is 5.32 Å². The molecule has 1 rings (SSSR count). The first-order valence-electron chi connectivity index (χ1n) is 5.35. The lowest BCUT2D eigenvalue weighted by atomic mass is 10.2. The van der Waals surface area contributed by atoms with Gasteiger partial charge >= 0.3 is 0 Å². The van der Waals surface area contributed by atoms with Gasteiger partial charge in [-0.05, 0) is 31.8 Å². The summed E-state index contributed by atoms with van der Waals surface area (Å²) in [7, 11) is 3.90. The van der Waals surface area contributed by atoms with Crippen molar-refractivity contribution < 1.29 is 4.79 Å². The van der Waals surface area contributed by atoms with Crippen LogP contribution in [0, 0.1) is 0 Å². The number of rotatable bonds is 5. The van der Waals surface area contributed by atoms with Crippen molar-refractivity contribution in [2.75, 3.05) is 26.0 Å². The van der Waals surface area contributed by atoms with Crippen LogP contribution in [-0.2, 0) is 11.3 Å². The highest BCUT2D eigenvalue weighted by molar-refractivity contribution is 5.90. The zero-order valence-corrected chi connectivity index (χ0v) is 9.86. The monoisotopic (exact) mass is 221 g/mol. The highest BCUT2D eigenvalue weighted by Crippen LogP contribution is 2.09. The predicted molar refractivity (Wildman–Crippen MR) is 66.1 cm³/mol. The molecule has 0 fully saturated rings. The minimum atomic E-state index is 0.0363. The fourth-order valence-corrected chi connectivity index (χ4v) is 1.27. The molecule has 0 spiro atoms. The van der Waals surface area contributed by atoms with Crippen LogP contribution in [0.1, 0.15) is 12.0 Å². The third kappa shape index (κ3) is 4.42. The Labute approximate surface area is 96.4 Å². The van der Waals surface area contributed by atoms with Crippen LogP contribution in [0.2, 0.25) is 0 Å². The summed E-state index contributed by atoms with van der Waals surface area (Å²) < 4.78 is 0. The van der Waals surface area contributed by atoms with E-state index in [-0.39, 0.29) is 5.91 Å². The smallest absolute Gasteiger partial charge is 0.225 e. The molecule has 3 N–H and O–H groups in total. The van der Waals surface area contributed by atoms with Crippen molar-refractivity contribution in [2.45, 2.75) is 13.0 Å². The summed E-state index contributed by atoms with van der Waals surface area (Å²) in [6.07, 6.45) is 0.506. The largest absolute Gasteiger partial charge is 0.326 e. The number of carbonyl (C=O) groups is 1. The standard InChI is InChI=1S/C12H19N3O/c1-15(2)8-7-12(16)14-11-5-3-10(9-13)4-6-11/h3-6H,7-9,13H2,1-2H3,(H,14,16). The molecule has 0 saturated heterocycles. The number of nitrogens with zero attached hydrogens (tertiary/aromatic N) is 1. The third-order valence-electron chi connectivity index (χ3n) is 2.26. The molecular formula is C12H19N3O. The zero-order chi connectivity index (χ0) is 12.0. The molecule has 1 aromatic rings. The van der Waals surface area contributed by atoms with Gasteiger partial charge < -0.3 is 16.0 Å². The van der Waals surface area contributed by atoms with Crippen LogP contribution in [0.15, 0.2) is 24.3 Å². The lowest BCUT2D eigenvalue weighted by Crippen LogP contribution is -2.20. The van der Waals surface area contributed by atoms with Gasteiger partial charge in [0.15, 0.2) is 0 Å². The second-order valence-corrected chi connectivity index (χ2v) is 4.00. The maximum Gasteiger partial charge on any atom is 0.225 e. The average molecular weight is 221 g/mol. The molecule has 0 aromatic heterocycles. The van der Waals surface area contributed by atoms with Gasteiger partial charge in [0.2, 0.25) is 5.91 Å². The number of anilines is 1. The average Bonchev–Trinajstić information content (AvgIpc) is 2.27. The molecule has 0 radical (unpaired) electrons. The first-order valence-corrected chi connectivity index (χ1v) is 5.35. The molecule has 4 heteroatoms. The Morgan fingerprint density at radius 3 is 2.44 bits per heavy atom. The van der Waals surface area contributed by atoms with Crippen molar-refractivity contribution in [2.24, 2.45) is 5.73 Å². The van der Waals surface area contributed by atoms with Crippen LogP contribution >= 0.6 is 0 Å². The van der Waals surface area contributed by atoms with Gasteiger partial charge in [-0.3, -0.25) is 4.79 Å². The molecule has 0 atom stereocenters. The van der Waals surface area contributed by atoms with E-state index in [1.807, 2.05) is 43.3 Å². The molecule has 0 saturated carbocycles. The Bertz CT molecular complexity index is 333. The number of nitrogens with two attached hydrogens (primary N) is 1. The highest BCUT2D eigenvalue weighted by atomic mass is 16.1. The van der Waals surface area contributed by atoms with E-state index in [1.165, 1.54) is 0 Å². The van der Waals surface area contributed by atoms with E-state index in [0.29, 0.717) is 13.0 Å². The minimum absolute atomic E-state index is 0.0363. The first kappa shape index (κ1) is 12.7. The summed E-state index contributed by atoms with van der Waals surface area (Å²) in [4.78, 5) is 13.5. The van der Waals surface area contributed by atoms with E-state index >= 15 is 0 Å². The van der Waals surface area contributed by atoms with Crippen molar-refractivity contribution in [3.63, 3.8) is 0 Å². The summed E-state index contributed by atoms with van der Waals surface area (Å²) in [6.45, 7) is 1.28. The maximum absolute atomic E-state index is 11.5. The Morgan fingerprint density at radius 1 is 1.31 bits per heavy atom. The van der Waals surface area contributed by atoms with Crippen molar-refractivity contribution in [1.82, 2.24) is 4.90 Å². The second kappa shape index (κ2) is 6.25. The van der Waals surface area contributed by atoms with E-state index < -0.39 is 0 Å². The van der Waals surface area contributed by atoms with Crippen LogP contribution < -0.4 is 11.1 Å². The fraction of sp³-hybridized carbons (Fsp3) is 0.417. The highest BCUT2D eigenvalue weighted by Gasteiger charge is 2.02. The number of nitrogens with one attached hydrogen (secondary N) is 1. The van der Waals surface area contributed by atoms with Gasteiger partial charge in [0.1, 0.15) is 0 Å². The van der Waals surface area contributed by atoms with E-state index in [0.717, 1.165) is 17.8 Å². The van der Waals surface area contributed by atoms with Crippen LogP contribution in [-0.4, -0.2) is 31.4 Å². The Kier molecular flexibility index (Phi) is 4.95. The van der Waals surface area contributed by atoms with Gasteiger partial charge in [0, 0.05) is 25.2 Å². The molecule has 1 amide bonds. The summed E-state index contributed by atoms with van der Waals surface area (Å²) in [5.74, 6) is 0.0363. The van der Waals surface area contributed by atoms with Crippen molar-refractivity contribution in [1.29, 1.82) is 0 Å². The quantitative estimate of drug-likeness (QED) is 0.781. The molecule has 0 unspecified atom stereocenters.